The third kappa shape index (κ3) is 38.0. The summed E-state index contributed by atoms with van der Waals surface area (Å²) in [5.41, 5.74) is 5.13. The molecule has 0 saturated carbocycles. The Hall–Kier alpha value is -0.580. The van der Waals surface area contributed by atoms with Crippen molar-refractivity contribution in [3.8, 4) is 0 Å². The molecule has 3 N–H and O–H groups in total. The summed E-state index contributed by atoms with van der Waals surface area (Å²) in [7, 11) is 4.50. The van der Waals surface area contributed by atoms with Gasteiger partial charge in [0.2, 0.25) is 5.91 Å². The van der Waals surface area contributed by atoms with Crippen molar-refractivity contribution in [3.63, 3.8) is 0 Å². The number of allylic oxidation sites excluding steroid dienone is 2. The fourth-order valence-electron chi connectivity index (χ4n) is 4.45. The first-order chi connectivity index (χ1) is 16.9. The van der Waals surface area contributed by atoms with Gasteiger partial charge in [0.1, 0.15) is 0 Å². The van der Waals surface area contributed by atoms with Gasteiger partial charge < -0.3 is 27.7 Å². The van der Waals surface area contributed by atoms with E-state index in [1.165, 1.54) is 116 Å². The van der Waals surface area contributed by atoms with E-state index in [-0.39, 0.29) is 18.3 Å². The largest absolute Gasteiger partial charge is 1.00 e. The SMILES string of the molecule is CCCCCCCC/C=C\CCCCCCCCCCCC(N)=O.CCC[N+](C)(C)CCCCO.[Cl-]. The lowest BCUT2D eigenvalue weighted by molar-refractivity contribution is -0.890. The van der Waals surface area contributed by atoms with Gasteiger partial charge in [-0.25, -0.2) is 0 Å². The normalized spacial score (nSPS) is 11.2. The minimum atomic E-state index is -0.156. The molecule has 0 aliphatic rings. The molecule has 0 aromatic carbocycles. The van der Waals surface area contributed by atoms with Crippen LogP contribution in [0.5, 0.6) is 0 Å². The molecule has 0 aliphatic heterocycles. The fraction of sp³-hybridized carbons (Fsp3) is 0.903. The van der Waals surface area contributed by atoms with Gasteiger partial charge in [0.05, 0.1) is 27.2 Å². The van der Waals surface area contributed by atoms with Crippen LogP contribution in [0.1, 0.15) is 149 Å². The zero-order valence-corrected chi connectivity index (χ0v) is 25.6. The van der Waals surface area contributed by atoms with E-state index in [0.717, 1.165) is 30.2 Å². The number of nitrogens with zero attached hydrogens (tertiary/aromatic N) is 1. The number of aliphatic hydroxyl groups excluding tert-OH is 1. The van der Waals surface area contributed by atoms with Crippen molar-refractivity contribution >= 4 is 5.91 Å². The Labute approximate surface area is 232 Å². The van der Waals surface area contributed by atoms with Crippen molar-refractivity contribution in [3.05, 3.63) is 12.2 Å². The van der Waals surface area contributed by atoms with E-state index >= 15 is 0 Å². The van der Waals surface area contributed by atoms with Crippen LogP contribution in [0, 0.1) is 0 Å². The van der Waals surface area contributed by atoms with Crippen LogP contribution >= 0.6 is 0 Å². The molecule has 0 unspecified atom stereocenters. The Bertz CT molecular complexity index is 456. The average molecular weight is 533 g/mol. The quantitative estimate of drug-likeness (QED) is 0.0949. The Kier molecular flexibility index (Phi) is 36.0. The minimum absolute atomic E-state index is 0. The molecule has 0 aliphatic carbocycles. The Morgan fingerprint density at radius 2 is 1.08 bits per heavy atom. The molecule has 0 atom stereocenters. The molecular weight excluding hydrogens is 468 g/mol. The van der Waals surface area contributed by atoms with Crippen LogP contribution in [0.25, 0.3) is 0 Å². The molecule has 0 aromatic heterocycles. The topological polar surface area (TPSA) is 63.3 Å². The number of hydrogen-bond donors (Lipinski definition) is 2. The summed E-state index contributed by atoms with van der Waals surface area (Å²) in [6.45, 7) is 7.26. The molecule has 0 bridgehead atoms. The van der Waals surface area contributed by atoms with Gasteiger partial charge in [-0.3, -0.25) is 4.79 Å². The standard InChI is InChI=1S/C22H43NO.C9H22NO.ClH/c1-2-3-4-5-6-7-8-9-10-11-12-13-14-15-16-17-18-19-20-21-22(23)24;1-4-7-10(2,3)8-5-6-9-11;/h9-10H,2-8,11-21H2,1H3,(H2,23,24);11H,4-9H2,1-3H3;1H/q;+1;/p-1/b10-9-;;. The fourth-order valence-corrected chi connectivity index (χ4v) is 4.45. The average Bonchev–Trinajstić information content (AvgIpc) is 2.81. The van der Waals surface area contributed by atoms with Gasteiger partial charge in [0, 0.05) is 13.0 Å². The summed E-state index contributed by atoms with van der Waals surface area (Å²) in [5, 5.41) is 8.59. The predicted octanol–water partition coefficient (Wildman–Crippen LogP) is 5.32. The Morgan fingerprint density at radius 3 is 1.50 bits per heavy atom. The smallest absolute Gasteiger partial charge is 0.217 e. The molecule has 1 amide bonds. The first-order valence-electron chi connectivity index (χ1n) is 15.3. The van der Waals surface area contributed by atoms with Crippen molar-refractivity contribution in [1.29, 1.82) is 0 Å². The zero-order chi connectivity index (χ0) is 26.5. The van der Waals surface area contributed by atoms with Gasteiger partial charge >= 0.3 is 0 Å². The molecule has 0 radical (unpaired) electrons. The van der Waals surface area contributed by atoms with Gasteiger partial charge in [-0.05, 0) is 51.4 Å². The zero-order valence-electron chi connectivity index (χ0n) is 24.9. The van der Waals surface area contributed by atoms with Crippen LogP contribution in [0.3, 0.4) is 0 Å². The summed E-state index contributed by atoms with van der Waals surface area (Å²) in [6.07, 6.45) is 31.2. The second-order valence-corrected chi connectivity index (χ2v) is 11.0. The number of carbonyl (C=O) groups is 1. The molecule has 0 spiro atoms. The maximum absolute atomic E-state index is 10.6. The van der Waals surface area contributed by atoms with Gasteiger partial charge in [-0.1, -0.05) is 103 Å². The van der Waals surface area contributed by atoms with Crippen LogP contribution in [0.15, 0.2) is 12.2 Å². The van der Waals surface area contributed by atoms with E-state index in [4.69, 9.17) is 10.8 Å². The summed E-state index contributed by atoms with van der Waals surface area (Å²) in [4.78, 5) is 10.6. The highest BCUT2D eigenvalue weighted by Crippen LogP contribution is 2.12. The lowest BCUT2D eigenvalue weighted by Crippen LogP contribution is -3.00. The number of quaternary nitrogens is 1. The van der Waals surface area contributed by atoms with Crippen LogP contribution in [-0.4, -0.2) is 49.3 Å². The maximum atomic E-state index is 10.6. The number of halogens is 1. The number of nitrogens with two attached hydrogens (primary N) is 1. The minimum Gasteiger partial charge on any atom is -1.00 e. The van der Waals surface area contributed by atoms with Crippen LogP contribution in [0.2, 0.25) is 0 Å². The number of carbonyl (C=O) groups excluding carboxylic acids is 1. The van der Waals surface area contributed by atoms with Crippen molar-refractivity contribution in [2.45, 2.75) is 149 Å². The number of aliphatic hydroxyl groups is 1. The highest BCUT2D eigenvalue weighted by atomic mass is 35.5. The number of unbranched alkanes of at least 4 members (excludes halogenated alkanes) is 16. The summed E-state index contributed by atoms with van der Waals surface area (Å²) in [6, 6.07) is 0. The molecule has 4 nitrogen and oxygen atoms in total. The van der Waals surface area contributed by atoms with E-state index in [2.05, 4.69) is 40.1 Å². The third-order valence-electron chi connectivity index (χ3n) is 6.69. The molecule has 5 heteroatoms. The van der Waals surface area contributed by atoms with Crippen molar-refractivity contribution in [2.75, 3.05) is 33.8 Å². The van der Waals surface area contributed by atoms with E-state index in [1.54, 1.807) is 0 Å². The predicted molar refractivity (Wildman–Crippen MR) is 156 cm³/mol. The molecule has 0 saturated heterocycles. The molecule has 0 aromatic rings. The van der Waals surface area contributed by atoms with E-state index in [1.807, 2.05) is 0 Å². The first kappa shape index (κ1) is 39.9. The van der Waals surface area contributed by atoms with E-state index in [9.17, 15) is 4.79 Å². The number of amides is 1. The van der Waals surface area contributed by atoms with E-state index in [0.29, 0.717) is 13.0 Å². The number of rotatable bonds is 25. The maximum Gasteiger partial charge on any atom is 0.217 e. The van der Waals surface area contributed by atoms with Gasteiger partial charge in [-0.15, -0.1) is 0 Å². The number of primary amides is 1. The molecule has 218 valence electrons. The van der Waals surface area contributed by atoms with Gasteiger partial charge in [-0.2, -0.15) is 0 Å². The highest BCUT2D eigenvalue weighted by Gasteiger charge is 2.11. The van der Waals surface area contributed by atoms with Gasteiger partial charge in [0.25, 0.3) is 0 Å². The van der Waals surface area contributed by atoms with Crippen LogP contribution in [0.4, 0.5) is 0 Å². The lowest BCUT2D eigenvalue weighted by Gasteiger charge is -2.29. The first-order valence-corrected chi connectivity index (χ1v) is 15.3. The molecular formula is C31H65ClN2O2. The van der Waals surface area contributed by atoms with Crippen molar-refractivity contribution in [1.82, 2.24) is 0 Å². The molecule has 0 rings (SSSR count). The molecule has 0 heterocycles. The van der Waals surface area contributed by atoms with Crippen molar-refractivity contribution < 1.29 is 26.8 Å². The monoisotopic (exact) mass is 532 g/mol. The second kappa shape index (κ2) is 32.4. The lowest BCUT2D eigenvalue weighted by atomic mass is 10.1. The third-order valence-corrected chi connectivity index (χ3v) is 6.69. The van der Waals surface area contributed by atoms with Crippen LogP contribution < -0.4 is 18.1 Å². The van der Waals surface area contributed by atoms with Gasteiger partial charge in [0.15, 0.2) is 0 Å². The van der Waals surface area contributed by atoms with Crippen molar-refractivity contribution in [2.24, 2.45) is 5.73 Å². The summed E-state index contributed by atoms with van der Waals surface area (Å²) in [5.74, 6) is -0.156. The Balaban J connectivity index is -0.000000764. The second-order valence-electron chi connectivity index (χ2n) is 11.0. The van der Waals surface area contributed by atoms with Crippen LogP contribution in [-0.2, 0) is 4.79 Å². The molecule has 0 fully saturated rings. The van der Waals surface area contributed by atoms with E-state index < -0.39 is 0 Å². The summed E-state index contributed by atoms with van der Waals surface area (Å²) < 4.78 is 1.09. The summed E-state index contributed by atoms with van der Waals surface area (Å²) >= 11 is 0. The number of hydrogen-bond acceptors (Lipinski definition) is 2. The highest BCUT2D eigenvalue weighted by molar-refractivity contribution is 5.73. The Morgan fingerprint density at radius 1 is 0.639 bits per heavy atom. The molecule has 36 heavy (non-hydrogen) atoms.